The van der Waals surface area contributed by atoms with Crippen LogP contribution >= 0.6 is 0 Å². The second kappa shape index (κ2) is 7.52. The maximum absolute atomic E-state index is 12.4. The fraction of sp³-hybridized carbons (Fsp3) is 0.269. The van der Waals surface area contributed by atoms with Crippen molar-refractivity contribution in [2.75, 3.05) is 32.2 Å². The van der Waals surface area contributed by atoms with Gasteiger partial charge in [-0.25, -0.2) is 0 Å². The lowest BCUT2D eigenvalue weighted by atomic mass is 9.99. The number of hydrogen-bond donors (Lipinski definition) is 0. The molecule has 0 unspecified atom stereocenters. The maximum Gasteiger partial charge on any atom is 0.309 e. The van der Waals surface area contributed by atoms with Crippen molar-refractivity contribution < 1.29 is 14.3 Å². The predicted octanol–water partition coefficient (Wildman–Crippen LogP) is 4.85. The molecule has 0 saturated heterocycles. The van der Waals surface area contributed by atoms with E-state index in [9.17, 15) is 4.79 Å². The Morgan fingerprint density at radius 2 is 1.60 bits per heavy atom. The number of nitrogens with zero attached hydrogens (tertiary/aromatic N) is 1. The molecule has 0 spiro atoms. The minimum absolute atomic E-state index is 0.115. The molecule has 1 saturated carbocycles. The van der Waals surface area contributed by atoms with Gasteiger partial charge in [-0.2, -0.15) is 0 Å². The van der Waals surface area contributed by atoms with E-state index < -0.39 is 0 Å². The van der Waals surface area contributed by atoms with Gasteiger partial charge in [-0.3, -0.25) is 4.79 Å². The van der Waals surface area contributed by atoms with Crippen LogP contribution in [0.2, 0.25) is 0 Å². The van der Waals surface area contributed by atoms with Gasteiger partial charge in [-0.15, -0.1) is 0 Å². The summed E-state index contributed by atoms with van der Waals surface area (Å²) >= 11 is 0. The van der Waals surface area contributed by atoms with Crippen molar-refractivity contribution in [2.24, 2.45) is 5.92 Å². The molecule has 1 heterocycles. The highest BCUT2D eigenvalue weighted by atomic mass is 16.5. The summed E-state index contributed by atoms with van der Waals surface area (Å²) in [5.41, 5.74) is 5.78. The third kappa shape index (κ3) is 3.22. The zero-order valence-electron chi connectivity index (χ0n) is 17.2. The smallest absolute Gasteiger partial charge is 0.309 e. The van der Waals surface area contributed by atoms with Crippen molar-refractivity contribution in [3.63, 3.8) is 0 Å². The van der Waals surface area contributed by atoms with E-state index in [0.29, 0.717) is 6.61 Å². The minimum atomic E-state index is -0.131. The van der Waals surface area contributed by atoms with E-state index in [-0.39, 0.29) is 23.7 Å². The molecule has 4 heteroatoms. The summed E-state index contributed by atoms with van der Waals surface area (Å²) in [5.74, 6) is 1.03. The topological polar surface area (TPSA) is 38.8 Å². The molecule has 0 radical (unpaired) electrons. The van der Waals surface area contributed by atoms with Gasteiger partial charge < -0.3 is 14.4 Å². The SMILES string of the molecule is COC(=O)[C@@H]1[C@H](c2ccccc2)[C@H]1c1ccc(-c2ccc3c(c2)OCCN3C)cc1. The molecule has 0 aromatic heterocycles. The van der Waals surface area contributed by atoms with Crippen molar-refractivity contribution in [2.45, 2.75) is 11.8 Å². The molecule has 1 fully saturated rings. The van der Waals surface area contributed by atoms with Gasteiger partial charge in [0, 0.05) is 18.9 Å². The van der Waals surface area contributed by atoms with E-state index in [1.165, 1.54) is 18.2 Å². The van der Waals surface area contributed by atoms with Crippen LogP contribution in [-0.2, 0) is 9.53 Å². The van der Waals surface area contributed by atoms with E-state index in [1.54, 1.807) is 0 Å². The lowest BCUT2D eigenvalue weighted by Gasteiger charge is -2.28. The summed E-state index contributed by atoms with van der Waals surface area (Å²) in [7, 11) is 3.56. The Morgan fingerprint density at radius 3 is 2.30 bits per heavy atom. The lowest BCUT2D eigenvalue weighted by Crippen LogP contribution is -2.28. The number of hydrogen-bond acceptors (Lipinski definition) is 4. The highest BCUT2D eigenvalue weighted by Crippen LogP contribution is 2.61. The average molecular weight is 399 g/mol. The van der Waals surface area contributed by atoms with Crippen LogP contribution in [0.5, 0.6) is 5.75 Å². The van der Waals surface area contributed by atoms with Crippen LogP contribution in [0.1, 0.15) is 23.0 Å². The van der Waals surface area contributed by atoms with Crippen molar-refractivity contribution in [3.05, 3.63) is 83.9 Å². The molecular formula is C26H25NO3. The minimum Gasteiger partial charge on any atom is -0.490 e. The average Bonchev–Trinajstić information content (AvgIpc) is 3.55. The molecule has 1 aliphatic heterocycles. The van der Waals surface area contributed by atoms with Crippen LogP contribution in [0.3, 0.4) is 0 Å². The maximum atomic E-state index is 12.4. The first-order chi connectivity index (χ1) is 14.7. The van der Waals surface area contributed by atoms with E-state index >= 15 is 0 Å². The fourth-order valence-electron chi connectivity index (χ4n) is 4.68. The van der Waals surface area contributed by atoms with Crippen LogP contribution in [0.15, 0.2) is 72.8 Å². The second-order valence-electron chi connectivity index (χ2n) is 8.09. The van der Waals surface area contributed by atoms with E-state index in [2.05, 4.69) is 66.5 Å². The first kappa shape index (κ1) is 18.7. The van der Waals surface area contributed by atoms with Gasteiger partial charge in [-0.05, 0) is 34.4 Å². The van der Waals surface area contributed by atoms with E-state index in [4.69, 9.17) is 9.47 Å². The van der Waals surface area contributed by atoms with Crippen molar-refractivity contribution in [3.8, 4) is 16.9 Å². The summed E-state index contributed by atoms with van der Waals surface area (Å²) in [6.45, 7) is 1.62. The van der Waals surface area contributed by atoms with Gasteiger partial charge in [0.1, 0.15) is 12.4 Å². The lowest BCUT2D eigenvalue weighted by molar-refractivity contribution is -0.142. The Labute approximate surface area is 177 Å². The zero-order valence-corrected chi connectivity index (χ0v) is 17.2. The van der Waals surface area contributed by atoms with Gasteiger partial charge in [0.15, 0.2) is 0 Å². The van der Waals surface area contributed by atoms with Gasteiger partial charge in [0.2, 0.25) is 0 Å². The second-order valence-corrected chi connectivity index (χ2v) is 8.09. The zero-order chi connectivity index (χ0) is 20.7. The van der Waals surface area contributed by atoms with Crippen LogP contribution in [0, 0.1) is 5.92 Å². The number of esters is 1. The van der Waals surface area contributed by atoms with Crippen molar-refractivity contribution >= 4 is 11.7 Å². The normalized spacial score (nSPS) is 22.1. The Morgan fingerprint density at radius 1 is 0.933 bits per heavy atom. The third-order valence-electron chi connectivity index (χ3n) is 6.36. The number of carbonyl (C=O) groups excluding carboxylic acids is 1. The predicted molar refractivity (Wildman–Crippen MR) is 118 cm³/mol. The number of benzene rings is 3. The number of rotatable bonds is 4. The number of carbonyl (C=O) groups is 1. The molecule has 0 N–H and O–H groups in total. The standard InChI is InChI=1S/C26H25NO3/c1-27-14-15-30-22-16-20(12-13-21(22)27)17-8-10-19(11-9-17)24-23(25(24)26(28)29-2)18-6-4-3-5-7-18/h3-13,16,23-25H,14-15H2,1-2H3/t23-,24-,25-/m1/s1. The van der Waals surface area contributed by atoms with Crippen LogP contribution in [-0.4, -0.2) is 33.3 Å². The molecule has 3 aromatic rings. The summed E-state index contributed by atoms with van der Waals surface area (Å²) in [4.78, 5) is 14.6. The molecule has 5 rings (SSSR count). The summed E-state index contributed by atoms with van der Waals surface area (Å²) in [5, 5.41) is 0. The molecule has 2 aliphatic rings. The number of anilines is 1. The van der Waals surface area contributed by atoms with Crippen LogP contribution in [0.4, 0.5) is 5.69 Å². The number of methoxy groups -OCH3 is 1. The Kier molecular flexibility index (Phi) is 4.70. The van der Waals surface area contributed by atoms with Crippen molar-refractivity contribution in [1.82, 2.24) is 0 Å². The monoisotopic (exact) mass is 399 g/mol. The fourth-order valence-corrected chi connectivity index (χ4v) is 4.68. The number of ether oxygens (including phenoxy) is 2. The Hall–Kier alpha value is -3.27. The first-order valence-electron chi connectivity index (χ1n) is 10.4. The largest absolute Gasteiger partial charge is 0.490 e. The Bertz CT molecular complexity index is 1060. The van der Waals surface area contributed by atoms with Gasteiger partial charge in [-0.1, -0.05) is 60.7 Å². The first-order valence-corrected chi connectivity index (χ1v) is 10.4. The van der Waals surface area contributed by atoms with Gasteiger partial charge >= 0.3 is 5.97 Å². The highest BCUT2D eigenvalue weighted by Gasteiger charge is 2.56. The summed E-state index contributed by atoms with van der Waals surface area (Å²) in [6, 6.07) is 25.2. The van der Waals surface area contributed by atoms with Gasteiger partial charge in [0.25, 0.3) is 0 Å². The summed E-state index contributed by atoms with van der Waals surface area (Å²) in [6.07, 6.45) is 0. The molecule has 0 amide bonds. The molecule has 30 heavy (non-hydrogen) atoms. The van der Waals surface area contributed by atoms with Crippen LogP contribution in [0.25, 0.3) is 11.1 Å². The molecule has 0 bridgehead atoms. The highest BCUT2D eigenvalue weighted by molar-refractivity contribution is 5.80. The molecular weight excluding hydrogens is 374 g/mol. The Balaban J connectivity index is 1.41. The summed E-state index contributed by atoms with van der Waals surface area (Å²) < 4.78 is 10.9. The number of fused-ring (bicyclic) bond motifs is 1. The van der Waals surface area contributed by atoms with E-state index in [1.807, 2.05) is 18.2 Å². The van der Waals surface area contributed by atoms with Gasteiger partial charge in [0.05, 0.1) is 25.3 Å². The molecule has 1 aliphatic carbocycles. The quantitative estimate of drug-likeness (QED) is 0.588. The van der Waals surface area contributed by atoms with Crippen LogP contribution < -0.4 is 9.64 Å². The molecule has 3 atom stereocenters. The molecule has 4 nitrogen and oxygen atoms in total. The molecule has 152 valence electrons. The third-order valence-corrected chi connectivity index (χ3v) is 6.36. The van der Waals surface area contributed by atoms with E-state index in [0.717, 1.165) is 29.1 Å². The molecule has 3 aromatic carbocycles. The van der Waals surface area contributed by atoms with Crippen molar-refractivity contribution in [1.29, 1.82) is 0 Å². The number of likely N-dealkylation sites (N-methyl/N-ethyl adjacent to an activating group) is 1.